The molecule has 0 aromatic rings. The zero-order valence-electron chi connectivity index (χ0n) is 9.70. The maximum Gasteiger partial charge on any atom is 0.485 e. The van der Waals surface area contributed by atoms with Crippen LogP contribution in [0.5, 0.6) is 0 Å². The molecule has 0 N–H and O–H groups in total. The molecule has 0 spiro atoms. The van der Waals surface area contributed by atoms with Crippen LogP contribution in [0.1, 0.15) is 19.8 Å². The summed E-state index contributed by atoms with van der Waals surface area (Å²) in [6.45, 7) is 2.04. The lowest BCUT2D eigenvalue weighted by Crippen LogP contribution is -2.21. The number of hydrogen-bond acceptors (Lipinski definition) is 4. The molecular weight excluding hydrogens is 281 g/mol. The molecule has 0 aromatic heterocycles. The van der Waals surface area contributed by atoms with Crippen LogP contribution in [0, 0.1) is 0 Å². The van der Waals surface area contributed by atoms with Crippen molar-refractivity contribution in [2.24, 2.45) is 0 Å². The van der Waals surface area contributed by atoms with Crippen LogP contribution in [0.15, 0.2) is 0 Å². The monoisotopic (exact) mass is 296 g/mol. The molecule has 9 heteroatoms. The zero-order chi connectivity index (χ0) is 14.3. The van der Waals surface area contributed by atoms with E-state index in [9.17, 15) is 18.0 Å². The van der Waals surface area contributed by atoms with Gasteiger partial charge < -0.3 is 4.55 Å². The lowest BCUT2D eigenvalue weighted by Gasteiger charge is -2.08. The van der Waals surface area contributed by atoms with Crippen molar-refractivity contribution in [1.82, 2.24) is 0 Å². The van der Waals surface area contributed by atoms with Crippen molar-refractivity contribution in [3.05, 3.63) is 0 Å². The summed E-state index contributed by atoms with van der Waals surface area (Å²) in [5.41, 5.74) is -5.65. The van der Waals surface area contributed by atoms with Crippen LogP contribution in [0.25, 0.3) is 0 Å². The number of Topliss-reactive ketones (excluding diaryl/α,β-unsaturated/α-hetero) is 1. The van der Waals surface area contributed by atoms with E-state index < -0.39 is 15.6 Å². The van der Waals surface area contributed by atoms with E-state index in [4.69, 9.17) is 13.0 Å². The Morgan fingerprint density at radius 1 is 1.29 bits per heavy atom. The Morgan fingerprint density at radius 3 is 1.82 bits per heavy atom. The molecule has 104 valence electrons. The molecule has 0 aromatic carbocycles. The minimum Gasteiger partial charge on any atom is -0.741 e. The van der Waals surface area contributed by atoms with E-state index in [0.29, 0.717) is 16.7 Å². The molecule has 0 amide bonds. The van der Waals surface area contributed by atoms with Gasteiger partial charge in [-0.05, 0) is 17.3 Å². The average molecular weight is 296 g/mol. The molecule has 17 heavy (non-hydrogen) atoms. The second-order valence-corrected chi connectivity index (χ2v) is 6.95. The molecule has 0 rings (SSSR count). The van der Waals surface area contributed by atoms with Gasteiger partial charge in [0.15, 0.2) is 21.7 Å². The third-order valence-corrected chi connectivity index (χ3v) is 2.73. The second-order valence-electron chi connectivity index (χ2n) is 3.32. The molecule has 0 atom stereocenters. The topological polar surface area (TPSA) is 74.3 Å². The number of alkyl halides is 3. The molecule has 0 saturated heterocycles. The number of carbonyl (C=O) groups is 1. The molecule has 0 radical (unpaired) electrons. The van der Waals surface area contributed by atoms with Gasteiger partial charge in [-0.1, -0.05) is 6.92 Å². The van der Waals surface area contributed by atoms with E-state index in [0.717, 1.165) is 18.6 Å². The molecule has 0 unspecified atom stereocenters. The standard InChI is InChI=1S/C7H15OS.CHF3O3S/c1-4-5-7(8)6-9(2)3;2-1(3,4)8(5,6)7/h4-6H2,1-3H3;(H,5,6,7)/q+1;/p-1. The van der Waals surface area contributed by atoms with E-state index in [-0.39, 0.29) is 0 Å². The van der Waals surface area contributed by atoms with Crippen LogP contribution in [-0.4, -0.2) is 42.5 Å². The predicted molar refractivity (Wildman–Crippen MR) is 59.7 cm³/mol. The Kier molecular flexibility index (Phi) is 8.90. The van der Waals surface area contributed by atoms with Crippen molar-refractivity contribution in [2.75, 3.05) is 18.3 Å². The van der Waals surface area contributed by atoms with E-state index in [1.165, 1.54) is 0 Å². The summed E-state index contributed by atoms with van der Waals surface area (Å²) in [6.07, 6.45) is 5.97. The first-order valence-corrected chi connectivity index (χ1v) is 8.11. The summed E-state index contributed by atoms with van der Waals surface area (Å²) in [5.74, 6) is 1.21. The van der Waals surface area contributed by atoms with Gasteiger partial charge in [-0.15, -0.1) is 0 Å². The number of carbonyl (C=O) groups excluding carboxylic acids is 1. The van der Waals surface area contributed by atoms with Gasteiger partial charge in [0.05, 0.1) is 12.5 Å². The summed E-state index contributed by atoms with van der Waals surface area (Å²) in [7, 11) is -5.79. The smallest absolute Gasteiger partial charge is 0.485 e. The average Bonchev–Trinajstić information content (AvgIpc) is 1.99. The Labute approximate surface area is 102 Å². The normalized spacial score (nSPS) is 12.0. The summed E-state index contributed by atoms with van der Waals surface area (Å²) in [6, 6.07) is 0. The van der Waals surface area contributed by atoms with Crippen molar-refractivity contribution < 1.29 is 30.9 Å². The third kappa shape index (κ3) is 12.0. The van der Waals surface area contributed by atoms with Crippen molar-refractivity contribution in [3.8, 4) is 0 Å². The van der Waals surface area contributed by atoms with Gasteiger partial charge in [0.25, 0.3) is 0 Å². The highest BCUT2D eigenvalue weighted by Crippen LogP contribution is 2.20. The van der Waals surface area contributed by atoms with Crippen LogP contribution >= 0.6 is 0 Å². The summed E-state index contributed by atoms with van der Waals surface area (Å²) >= 11 is 0. The molecule has 0 fully saturated rings. The van der Waals surface area contributed by atoms with Gasteiger partial charge in [0.1, 0.15) is 0 Å². The minimum absolute atomic E-state index is 0.303. The zero-order valence-corrected chi connectivity index (χ0v) is 11.3. The summed E-state index contributed by atoms with van der Waals surface area (Å²) < 4.78 is 58.9. The fraction of sp³-hybridized carbons (Fsp3) is 0.875. The Balaban J connectivity index is 0. The molecule has 0 bridgehead atoms. The minimum atomic E-state index is -6.09. The SMILES string of the molecule is CCCC(=O)C[S+](C)C.O=S(=O)([O-])C(F)(F)F. The van der Waals surface area contributed by atoms with Crippen molar-refractivity contribution in [1.29, 1.82) is 0 Å². The quantitative estimate of drug-likeness (QED) is 0.445. The maximum absolute atomic E-state index is 10.9. The molecule has 0 aliphatic heterocycles. The van der Waals surface area contributed by atoms with Crippen LogP contribution in [0.4, 0.5) is 13.2 Å². The third-order valence-electron chi connectivity index (χ3n) is 1.26. The lowest BCUT2D eigenvalue weighted by atomic mass is 10.3. The number of halogens is 3. The fourth-order valence-corrected chi connectivity index (χ4v) is 1.46. The Bertz CT molecular complexity index is 322. The highest BCUT2D eigenvalue weighted by Gasteiger charge is 2.36. The predicted octanol–water partition coefficient (Wildman–Crippen LogP) is 1.28. The number of ketones is 1. The first kappa shape index (κ1) is 19.1. The van der Waals surface area contributed by atoms with E-state index in [1.54, 1.807) is 0 Å². The van der Waals surface area contributed by atoms with Crippen molar-refractivity contribution >= 4 is 26.8 Å². The highest BCUT2D eigenvalue weighted by molar-refractivity contribution is 7.96. The van der Waals surface area contributed by atoms with Gasteiger partial charge in [-0.25, -0.2) is 8.42 Å². The van der Waals surface area contributed by atoms with Crippen LogP contribution in [-0.2, 0) is 25.8 Å². The molecule has 4 nitrogen and oxygen atoms in total. The van der Waals surface area contributed by atoms with Crippen molar-refractivity contribution in [2.45, 2.75) is 25.3 Å². The van der Waals surface area contributed by atoms with E-state index in [1.807, 2.05) is 6.92 Å². The van der Waals surface area contributed by atoms with Crippen LogP contribution in [0.2, 0.25) is 0 Å². The second kappa shape index (κ2) is 7.93. The van der Waals surface area contributed by atoms with Gasteiger partial charge >= 0.3 is 5.51 Å². The fourth-order valence-electron chi connectivity index (χ4n) is 0.673. The van der Waals surface area contributed by atoms with Gasteiger partial charge in [-0.2, -0.15) is 13.2 Å². The molecule has 0 saturated carbocycles. The first-order valence-electron chi connectivity index (χ1n) is 4.49. The lowest BCUT2D eigenvalue weighted by molar-refractivity contribution is -0.116. The highest BCUT2D eigenvalue weighted by atomic mass is 32.2. The molecule has 0 aliphatic rings. The Hall–Kier alpha value is -0.280. The summed E-state index contributed by atoms with van der Waals surface area (Å²) in [5, 5.41) is 0. The molecular formula is C8H15F3O4S2. The summed E-state index contributed by atoms with van der Waals surface area (Å²) in [4.78, 5) is 10.9. The van der Waals surface area contributed by atoms with Crippen molar-refractivity contribution in [3.63, 3.8) is 0 Å². The van der Waals surface area contributed by atoms with Crippen LogP contribution in [0.3, 0.4) is 0 Å². The van der Waals surface area contributed by atoms with Gasteiger partial charge in [0, 0.05) is 6.42 Å². The van der Waals surface area contributed by atoms with Gasteiger partial charge in [-0.3, -0.25) is 4.79 Å². The molecule has 0 heterocycles. The van der Waals surface area contributed by atoms with E-state index in [2.05, 4.69) is 12.5 Å². The van der Waals surface area contributed by atoms with Crippen LogP contribution < -0.4 is 0 Å². The van der Waals surface area contributed by atoms with E-state index >= 15 is 0 Å². The largest absolute Gasteiger partial charge is 0.741 e. The van der Waals surface area contributed by atoms with Gasteiger partial charge in [0.2, 0.25) is 0 Å². The molecule has 0 aliphatic carbocycles. The first-order chi connectivity index (χ1) is 7.41. The maximum atomic E-state index is 10.9. The Morgan fingerprint density at radius 2 is 1.65 bits per heavy atom. The number of rotatable bonds is 4. The number of hydrogen-bond donors (Lipinski definition) is 0.